The van der Waals surface area contributed by atoms with Crippen molar-refractivity contribution in [3.05, 3.63) is 59.1 Å². The van der Waals surface area contributed by atoms with Crippen molar-refractivity contribution in [2.24, 2.45) is 0 Å². The van der Waals surface area contributed by atoms with Crippen molar-refractivity contribution < 1.29 is 9.59 Å². The van der Waals surface area contributed by atoms with Crippen LogP contribution in [-0.4, -0.2) is 54.7 Å². The molecule has 0 saturated carbocycles. The number of thioether (sulfide) groups is 1. The average molecular weight is 462 g/mol. The van der Waals surface area contributed by atoms with Gasteiger partial charge in [-0.15, -0.1) is 11.8 Å². The van der Waals surface area contributed by atoms with Crippen molar-refractivity contribution in [2.75, 3.05) is 36.8 Å². The van der Waals surface area contributed by atoms with Crippen LogP contribution in [0.2, 0.25) is 0 Å². The number of hydrogen-bond acceptors (Lipinski definition) is 4. The van der Waals surface area contributed by atoms with Crippen molar-refractivity contribution in [1.82, 2.24) is 10.2 Å². The van der Waals surface area contributed by atoms with E-state index in [9.17, 15) is 9.59 Å². The molecule has 3 rings (SSSR count). The molecule has 0 aliphatic carbocycles. The number of piperazine rings is 1. The lowest BCUT2D eigenvalue weighted by Crippen LogP contribution is -2.55. The molecule has 0 spiro atoms. The zero-order chi connectivity index (χ0) is 19.9. The minimum Gasteiger partial charge on any atom is -0.368 e. The zero-order valence-corrected chi connectivity index (χ0v) is 18.2. The van der Waals surface area contributed by atoms with Crippen LogP contribution in [0, 0.1) is 0 Å². The van der Waals surface area contributed by atoms with Gasteiger partial charge in [0, 0.05) is 53.9 Å². The number of carbonyl (C=O) groups excluding carboxylic acids is 2. The molecule has 1 aliphatic heterocycles. The maximum atomic E-state index is 13.0. The Hall–Kier alpha value is -1.99. The number of anilines is 1. The second kappa shape index (κ2) is 9.98. The van der Waals surface area contributed by atoms with Crippen molar-refractivity contribution in [3.8, 4) is 0 Å². The first kappa shape index (κ1) is 20.7. The van der Waals surface area contributed by atoms with Gasteiger partial charge in [-0.05, 0) is 30.3 Å². The van der Waals surface area contributed by atoms with Crippen LogP contribution in [-0.2, 0) is 9.59 Å². The highest BCUT2D eigenvalue weighted by atomic mass is 79.9. The first-order chi connectivity index (χ1) is 13.5. The minimum absolute atomic E-state index is 0.00888. The largest absolute Gasteiger partial charge is 0.368 e. The molecule has 2 aromatic carbocycles. The Kier molecular flexibility index (Phi) is 7.39. The third kappa shape index (κ3) is 5.75. The van der Waals surface area contributed by atoms with E-state index in [0.29, 0.717) is 18.8 Å². The van der Waals surface area contributed by atoms with Gasteiger partial charge in [-0.2, -0.15) is 0 Å². The van der Waals surface area contributed by atoms with E-state index in [0.717, 1.165) is 22.5 Å². The molecular weight excluding hydrogens is 438 g/mol. The minimum atomic E-state index is -0.523. The van der Waals surface area contributed by atoms with Crippen LogP contribution < -0.4 is 10.2 Å². The van der Waals surface area contributed by atoms with Gasteiger partial charge in [0.05, 0.1) is 0 Å². The number of para-hydroxylation sites is 1. The quantitative estimate of drug-likeness (QED) is 0.669. The van der Waals surface area contributed by atoms with Gasteiger partial charge in [-0.25, -0.2) is 0 Å². The van der Waals surface area contributed by atoms with Crippen LogP contribution in [0.4, 0.5) is 5.69 Å². The van der Waals surface area contributed by atoms with E-state index in [4.69, 9.17) is 0 Å². The molecule has 1 saturated heterocycles. The Balaban J connectivity index is 1.59. The molecule has 2 amide bonds. The predicted molar refractivity (Wildman–Crippen MR) is 118 cm³/mol. The molecule has 1 fully saturated rings. The molecule has 1 atom stereocenters. The maximum absolute atomic E-state index is 13.0. The van der Waals surface area contributed by atoms with Crippen LogP contribution in [0.15, 0.2) is 64.0 Å². The van der Waals surface area contributed by atoms with Crippen LogP contribution in [0.25, 0.3) is 0 Å². The van der Waals surface area contributed by atoms with E-state index in [-0.39, 0.29) is 11.8 Å². The lowest BCUT2D eigenvalue weighted by atomic mass is 10.2. The summed E-state index contributed by atoms with van der Waals surface area (Å²) in [7, 11) is 0. The first-order valence-electron chi connectivity index (χ1n) is 9.27. The van der Waals surface area contributed by atoms with Crippen molar-refractivity contribution in [1.29, 1.82) is 0 Å². The van der Waals surface area contributed by atoms with Gasteiger partial charge in [0.25, 0.3) is 0 Å². The third-order valence-corrected chi connectivity index (χ3v) is 6.18. The van der Waals surface area contributed by atoms with Crippen LogP contribution in [0.5, 0.6) is 0 Å². The van der Waals surface area contributed by atoms with E-state index < -0.39 is 6.04 Å². The molecule has 148 valence electrons. The summed E-state index contributed by atoms with van der Waals surface area (Å²) in [5.41, 5.74) is 1.18. The number of nitrogens with one attached hydrogen (secondary N) is 1. The topological polar surface area (TPSA) is 52.7 Å². The summed E-state index contributed by atoms with van der Waals surface area (Å²) < 4.78 is 0.997. The molecule has 0 bridgehead atoms. The summed E-state index contributed by atoms with van der Waals surface area (Å²) in [6.07, 6.45) is 0. The average Bonchev–Trinajstić information content (AvgIpc) is 2.71. The molecule has 2 aromatic rings. The monoisotopic (exact) mass is 461 g/mol. The molecule has 28 heavy (non-hydrogen) atoms. The SMILES string of the molecule is CC(=O)NC(CSc1cccc(Br)c1)C(=O)N1CCN(c2ccccc2)CC1. The highest BCUT2D eigenvalue weighted by Crippen LogP contribution is 2.23. The predicted octanol–water partition coefficient (Wildman–Crippen LogP) is 3.39. The fraction of sp³-hybridized carbons (Fsp3) is 0.333. The van der Waals surface area contributed by atoms with Crippen LogP contribution in [0.1, 0.15) is 6.92 Å². The van der Waals surface area contributed by atoms with Gasteiger partial charge < -0.3 is 15.1 Å². The second-order valence-electron chi connectivity index (χ2n) is 6.67. The molecule has 0 radical (unpaired) electrons. The summed E-state index contributed by atoms with van der Waals surface area (Å²) in [6.45, 7) is 4.36. The summed E-state index contributed by atoms with van der Waals surface area (Å²) in [4.78, 5) is 29.9. The number of benzene rings is 2. The molecular formula is C21H24BrN3O2S. The molecule has 1 N–H and O–H groups in total. The number of rotatable bonds is 6. The van der Waals surface area contributed by atoms with Gasteiger partial charge in [-0.3, -0.25) is 9.59 Å². The Morgan fingerprint density at radius 1 is 1.07 bits per heavy atom. The molecule has 1 aliphatic rings. The van der Waals surface area contributed by atoms with E-state index in [1.54, 1.807) is 11.8 Å². The van der Waals surface area contributed by atoms with E-state index >= 15 is 0 Å². The summed E-state index contributed by atoms with van der Waals surface area (Å²) in [5.74, 6) is 0.315. The van der Waals surface area contributed by atoms with E-state index in [2.05, 4.69) is 38.3 Å². The Morgan fingerprint density at radius 3 is 2.43 bits per heavy atom. The summed E-state index contributed by atoms with van der Waals surface area (Å²) in [5, 5.41) is 2.83. The number of nitrogens with zero attached hydrogens (tertiary/aromatic N) is 2. The van der Waals surface area contributed by atoms with E-state index in [1.807, 2.05) is 47.4 Å². The Labute approximate surface area is 178 Å². The highest BCUT2D eigenvalue weighted by molar-refractivity contribution is 9.10. The number of carbonyl (C=O) groups is 2. The fourth-order valence-electron chi connectivity index (χ4n) is 3.20. The van der Waals surface area contributed by atoms with Crippen LogP contribution in [0.3, 0.4) is 0 Å². The lowest BCUT2D eigenvalue weighted by Gasteiger charge is -2.37. The Bertz CT molecular complexity index is 810. The number of hydrogen-bond donors (Lipinski definition) is 1. The standard InChI is InChI=1S/C21H24BrN3O2S/c1-16(26)23-20(15-28-19-9-5-6-17(22)14-19)21(27)25-12-10-24(11-13-25)18-7-3-2-4-8-18/h2-9,14,20H,10-13,15H2,1H3,(H,23,26). The smallest absolute Gasteiger partial charge is 0.246 e. The van der Waals surface area contributed by atoms with Crippen molar-refractivity contribution in [3.63, 3.8) is 0 Å². The van der Waals surface area contributed by atoms with Gasteiger partial charge in [-0.1, -0.05) is 40.2 Å². The summed E-state index contributed by atoms with van der Waals surface area (Å²) in [6, 6.07) is 17.7. The molecule has 7 heteroatoms. The van der Waals surface area contributed by atoms with Gasteiger partial charge in [0.15, 0.2) is 0 Å². The number of halogens is 1. The summed E-state index contributed by atoms with van der Waals surface area (Å²) >= 11 is 5.03. The molecule has 5 nitrogen and oxygen atoms in total. The third-order valence-electron chi connectivity index (χ3n) is 4.60. The van der Waals surface area contributed by atoms with Gasteiger partial charge >= 0.3 is 0 Å². The van der Waals surface area contributed by atoms with Crippen LogP contribution >= 0.6 is 27.7 Å². The fourth-order valence-corrected chi connectivity index (χ4v) is 4.72. The molecule has 1 heterocycles. The van der Waals surface area contributed by atoms with E-state index in [1.165, 1.54) is 12.6 Å². The van der Waals surface area contributed by atoms with Gasteiger partial charge in [0.2, 0.25) is 11.8 Å². The lowest BCUT2D eigenvalue weighted by molar-refractivity contribution is -0.135. The highest BCUT2D eigenvalue weighted by Gasteiger charge is 2.28. The van der Waals surface area contributed by atoms with Crippen molar-refractivity contribution in [2.45, 2.75) is 17.9 Å². The Morgan fingerprint density at radius 2 is 1.79 bits per heavy atom. The van der Waals surface area contributed by atoms with Gasteiger partial charge in [0.1, 0.15) is 6.04 Å². The second-order valence-corrected chi connectivity index (χ2v) is 8.68. The van der Waals surface area contributed by atoms with Crippen molar-refractivity contribution >= 4 is 45.2 Å². The molecule has 0 aromatic heterocycles. The number of amides is 2. The molecule has 1 unspecified atom stereocenters. The first-order valence-corrected chi connectivity index (χ1v) is 11.0. The maximum Gasteiger partial charge on any atom is 0.246 e. The zero-order valence-electron chi connectivity index (χ0n) is 15.8. The normalized spacial score (nSPS) is 15.2.